The predicted octanol–water partition coefficient (Wildman–Crippen LogP) is 2.06. The molecule has 0 spiro atoms. The van der Waals surface area contributed by atoms with Gasteiger partial charge in [-0.15, -0.1) is 0 Å². The van der Waals surface area contributed by atoms with Crippen molar-refractivity contribution in [3.8, 4) is 11.3 Å². The number of piperazine rings is 1. The average Bonchev–Trinajstić information content (AvgIpc) is 3.53. The van der Waals surface area contributed by atoms with E-state index in [0.717, 1.165) is 72.9 Å². The highest BCUT2D eigenvalue weighted by Gasteiger charge is 2.25. The van der Waals surface area contributed by atoms with Crippen molar-refractivity contribution in [1.29, 1.82) is 0 Å². The minimum absolute atomic E-state index is 0.193. The van der Waals surface area contributed by atoms with Gasteiger partial charge in [0.2, 0.25) is 0 Å². The Morgan fingerprint density at radius 2 is 1.86 bits per heavy atom. The number of aromatic nitrogens is 5. The molecule has 0 bridgehead atoms. The third-order valence-corrected chi connectivity index (χ3v) is 7.72. The molecule has 1 atom stereocenters. The maximum Gasteiger partial charge on any atom is 0.181 e. The summed E-state index contributed by atoms with van der Waals surface area (Å²) in [6.07, 6.45) is 3.80. The fraction of sp³-hybridized carbons (Fsp3) is 0.435. The van der Waals surface area contributed by atoms with Crippen molar-refractivity contribution in [2.24, 2.45) is 0 Å². The van der Waals surface area contributed by atoms with Gasteiger partial charge in [0, 0.05) is 63.0 Å². The molecular formula is C23H27ClN8O3S. The van der Waals surface area contributed by atoms with Gasteiger partial charge < -0.3 is 14.2 Å². The Balaban J connectivity index is 1.37. The maximum absolute atomic E-state index is 11.1. The van der Waals surface area contributed by atoms with E-state index in [1.54, 1.807) is 6.20 Å². The molecule has 0 radical (unpaired) electrons. The van der Waals surface area contributed by atoms with Crippen molar-refractivity contribution in [2.45, 2.75) is 6.54 Å². The van der Waals surface area contributed by atoms with E-state index in [1.165, 1.54) is 0 Å². The van der Waals surface area contributed by atoms with Crippen LogP contribution in [0, 0.1) is 0 Å². The molecule has 36 heavy (non-hydrogen) atoms. The molecule has 0 aliphatic carbocycles. The molecule has 0 saturated carbocycles. The van der Waals surface area contributed by atoms with Crippen molar-refractivity contribution < 1.29 is 13.5 Å². The normalized spacial score (nSPS) is 18.9. The molecule has 5 heterocycles. The number of benzene rings is 1. The number of hydrogen-bond donors (Lipinski definition) is 2. The Bertz CT molecular complexity index is 1410. The van der Waals surface area contributed by atoms with Crippen molar-refractivity contribution in [2.75, 3.05) is 63.3 Å². The van der Waals surface area contributed by atoms with E-state index in [2.05, 4.69) is 20.0 Å². The number of H-pyrrole nitrogens is 1. The van der Waals surface area contributed by atoms with Crippen LogP contribution in [0.15, 0.2) is 30.6 Å². The second kappa shape index (κ2) is 10.0. The third-order valence-electron chi connectivity index (χ3n) is 6.77. The van der Waals surface area contributed by atoms with Gasteiger partial charge in [0.15, 0.2) is 22.5 Å². The van der Waals surface area contributed by atoms with Crippen LogP contribution >= 0.6 is 11.6 Å². The minimum Gasteiger partial charge on any atom is -0.378 e. The topological polar surface area (TPSA) is 115 Å². The number of rotatable bonds is 6. The first-order valence-corrected chi connectivity index (χ1v) is 13.6. The minimum atomic E-state index is -1.80. The molecule has 13 heteroatoms. The fourth-order valence-corrected chi connectivity index (χ4v) is 5.77. The van der Waals surface area contributed by atoms with Gasteiger partial charge in [0.1, 0.15) is 16.7 Å². The Labute approximate surface area is 215 Å². The van der Waals surface area contributed by atoms with Crippen molar-refractivity contribution in [3.63, 3.8) is 0 Å². The van der Waals surface area contributed by atoms with Crippen molar-refractivity contribution in [3.05, 3.63) is 41.4 Å². The number of halogens is 1. The Morgan fingerprint density at radius 3 is 2.64 bits per heavy atom. The van der Waals surface area contributed by atoms with E-state index in [4.69, 9.17) is 30.9 Å². The first kappa shape index (κ1) is 23.8. The zero-order valence-electron chi connectivity index (χ0n) is 19.6. The van der Waals surface area contributed by atoms with Crippen molar-refractivity contribution >= 4 is 45.0 Å². The zero-order valence-corrected chi connectivity index (χ0v) is 21.2. The van der Waals surface area contributed by atoms with Gasteiger partial charge in [-0.25, -0.2) is 14.2 Å². The van der Waals surface area contributed by atoms with Gasteiger partial charge in [0.25, 0.3) is 0 Å². The van der Waals surface area contributed by atoms with E-state index < -0.39 is 11.1 Å². The Kier molecular flexibility index (Phi) is 6.63. The smallest absolute Gasteiger partial charge is 0.181 e. The Hall–Kier alpha value is -2.61. The summed E-state index contributed by atoms with van der Waals surface area (Å²) in [5.41, 5.74) is 4.16. The Morgan fingerprint density at radius 1 is 1.08 bits per heavy atom. The average molecular weight is 531 g/mol. The van der Waals surface area contributed by atoms with Crippen LogP contribution in [-0.2, 0) is 22.4 Å². The zero-order chi connectivity index (χ0) is 24.6. The number of nitrogens with one attached hydrogen (secondary N) is 1. The summed E-state index contributed by atoms with van der Waals surface area (Å²) >= 11 is 5.19. The van der Waals surface area contributed by atoms with Gasteiger partial charge in [-0.2, -0.15) is 5.10 Å². The van der Waals surface area contributed by atoms with E-state index in [1.807, 2.05) is 33.7 Å². The quantitative estimate of drug-likeness (QED) is 0.361. The number of imidazole rings is 1. The summed E-state index contributed by atoms with van der Waals surface area (Å²) in [6, 6.07) is 5.96. The van der Waals surface area contributed by atoms with Crippen molar-refractivity contribution in [1.82, 2.24) is 34.4 Å². The molecule has 0 amide bonds. The predicted molar refractivity (Wildman–Crippen MR) is 139 cm³/mol. The molecule has 1 unspecified atom stereocenters. The lowest BCUT2D eigenvalue weighted by atomic mass is 10.1. The van der Waals surface area contributed by atoms with Crippen LogP contribution in [-0.4, -0.2) is 101 Å². The third kappa shape index (κ3) is 4.60. The molecule has 2 aliphatic heterocycles. The highest BCUT2D eigenvalue weighted by molar-refractivity contribution is 7.79. The molecule has 11 nitrogen and oxygen atoms in total. The number of nitrogens with zero attached hydrogens (tertiary/aromatic N) is 7. The summed E-state index contributed by atoms with van der Waals surface area (Å²) in [5.74, 6) is 0.984. The second-order valence-electron chi connectivity index (χ2n) is 9.08. The SMILES string of the molecule is O=S(O)CN1CCN(Cc2cn3c(Cl)c(-c4cccc5[nH]ncc45)nc(N4CCOCC4)c3n2)CC1. The molecule has 2 saturated heterocycles. The van der Waals surface area contributed by atoms with Gasteiger partial charge in [0.05, 0.1) is 30.6 Å². The van der Waals surface area contributed by atoms with Gasteiger partial charge in [-0.3, -0.25) is 19.3 Å². The van der Waals surface area contributed by atoms with Gasteiger partial charge in [-0.1, -0.05) is 23.7 Å². The van der Waals surface area contributed by atoms with E-state index in [-0.39, 0.29) is 5.88 Å². The van der Waals surface area contributed by atoms with Crippen LogP contribution in [0.1, 0.15) is 5.69 Å². The summed E-state index contributed by atoms with van der Waals surface area (Å²) in [4.78, 5) is 16.6. The first-order valence-electron chi connectivity index (χ1n) is 11.9. The molecule has 2 N–H and O–H groups in total. The summed E-state index contributed by atoms with van der Waals surface area (Å²) < 4.78 is 27.8. The first-order chi connectivity index (χ1) is 17.6. The number of fused-ring (bicyclic) bond motifs is 2. The lowest BCUT2D eigenvalue weighted by Crippen LogP contribution is -2.46. The number of morpholine rings is 1. The van der Waals surface area contributed by atoms with E-state index in [9.17, 15) is 4.21 Å². The summed E-state index contributed by atoms with van der Waals surface area (Å²) in [7, 11) is 0. The van der Waals surface area contributed by atoms with Crippen LogP contribution in [0.5, 0.6) is 0 Å². The van der Waals surface area contributed by atoms with Crippen LogP contribution < -0.4 is 4.90 Å². The highest BCUT2D eigenvalue weighted by atomic mass is 35.5. The number of hydrogen-bond acceptors (Lipinski definition) is 8. The van der Waals surface area contributed by atoms with Gasteiger partial charge >= 0.3 is 0 Å². The maximum atomic E-state index is 11.1. The van der Waals surface area contributed by atoms with Crippen LogP contribution in [0.3, 0.4) is 0 Å². The van der Waals surface area contributed by atoms with Gasteiger partial charge in [-0.05, 0) is 6.07 Å². The van der Waals surface area contributed by atoms with E-state index >= 15 is 0 Å². The standard InChI is InChI=1S/C23H27ClN8O3S/c24-21-20(17-2-1-3-19-18(17)12-25-28-19)27-22(31-8-10-35-11-9-31)23-26-16(14-32(21)23)13-29-4-6-30(7-5-29)15-36(33)34/h1-3,12,14H,4-11,13,15H2,(H,25,28)(H,33,34). The number of anilines is 1. The lowest BCUT2D eigenvalue weighted by molar-refractivity contribution is 0.122. The molecule has 2 aliphatic rings. The molecule has 2 fully saturated rings. The van der Waals surface area contributed by atoms with Crippen LogP contribution in [0.2, 0.25) is 5.15 Å². The number of aromatic amines is 1. The highest BCUT2D eigenvalue weighted by Crippen LogP contribution is 2.35. The van der Waals surface area contributed by atoms with E-state index in [0.29, 0.717) is 30.6 Å². The van der Waals surface area contributed by atoms with Crippen LogP contribution in [0.4, 0.5) is 5.82 Å². The molecule has 3 aromatic heterocycles. The largest absolute Gasteiger partial charge is 0.378 e. The monoisotopic (exact) mass is 530 g/mol. The molecule has 1 aromatic carbocycles. The molecule has 190 valence electrons. The molecular weight excluding hydrogens is 504 g/mol. The summed E-state index contributed by atoms with van der Waals surface area (Å²) in [6.45, 7) is 6.52. The molecule has 6 rings (SSSR count). The van der Waals surface area contributed by atoms with Crippen LogP contribution in [0.25, 0.3) is 27.8 Å². The molecule has 4 aromatic rings. The number of ether oxygens (including phenoxy) is 1. The lowest BCUT2D eigenvalue weighted by Gasteiger charge is -2.33. The summed E-state index contributed by atoms with van der Waals surface area (Å²) in [5, 5.41) is 8.68. The second-order valence-corrected chi connectivity index (χ2v) is 10.3. The fourth-order valence-electron chi connectivity index (χ4n) is 4.92.